The van der Waals surface area contributed by atoms with Crippen LogP contribution in [0.25, 0.3) is 0 Å². The highest BCUT2D eigenvalue weighted by Gasteiger charge is 2.36. The standard InChI is InChI=1S/C39H44ClN3O4S/c1-28-21-23-34(24-22-28)48(46,47)43(36-20-12-13-29(2)30(36)3)27-38(44)42(26-32-16-10-11-19-35(32)40)37(25-31-14-6-4-7-15-31)39(45)41-33-17-8-5-9-18-33/h4,6-7,10-16,19-24,33,37H,5,8-9,17-18,25-27H2,1-3H3,(H,41,45)/t37-/m1/s1. The van der Waals surface area contributed by atoms with Gasteiger partial charge in [-0.1, -0.05) is 109 Å². The molecule has 0 bridgehead atoms. The largest absolute Gasteiger partial charge is 0.352 e. The summed E-state index contributed by atoms with van der Waals surface area (Å²) in [5.74, 6) is -0.767. The maximum atomic E-state index is 14.8. The van der Waals surface area contributed by atoms with Crippen molar-refractivity contribution in [3.05, 3.63) is 130 Å². The fraction of sp³-hybridized carbons (Fsp3) is 0.333. The van der Waals surface area contributed by atoms with Crippen molar-refractivity contribution in [2.45, 2.75) is 82.8 Å². The van der Waals surface area contributed by atoms with Gasteiger partial charge in [0.1, 0.15) is 12.6 Å². The topological polar surface area (TPSA) is 86.8 Å². The molecule has 9 heteroatoms. The van der Waals surface area contributed by atoms with E-state index in [4.69, 9.17) is 11.6 Å². The zero-order valence-electron chi connectivity index (χ0n) is 27.9. The molecule has 7 nitrogen and oxygen atoms in total. The Balaban J connectivity index is 1.59. The molecule has 4 aromatic rings. The van der Waals surface area contributed by atoms with E-state index in [1.54, 1.807) is 42.5 Å². The van der Waals surface area contributed by atoms with Gasteiger partial charge in [0.2, 0.25) is 11.8 Å². The first-order valence-electron chi connectivity index (χ1n) is 16.6. The van der Waals surface area contributed by atoms with Crippen LogP contribution in [-0.4, -0.2) is 43.8 Å². The number of nitrogens with zero attached hydrogens (tertiary/aromatic N) is 2. The summed E-state index contributed by atoms with van der Waals surface area (Å²) >= 11 is 6.63. The fourth-order valence-electron chi connectivity index (χ4n) is 6.26. The predicted molar refractivity (Wildman–Crippen MR) is 193 cm³/mol. The fourth-order valence-corrected chi connectivity index (χ4v) is 7.93. The smallest absolute Gasteiger partial charge is 0.264 e. The van der Waals surface area contributed by atoms with Gasteiger partial charge < -0.3 is 10.2 Å². The second-order valence-corrected chi connectivity index (χ2v) is 15.0. The highest BCUT2D eigenvalue weighted by molar-refractivity contribution is 7.92. The van der Waals surface area contributed by atoms with E-state index in [0.29, 0.717) is 16.3 Å². The quantitative estimate of drug-likeness (QED) is 0.167. The molecule has 1 fully saturated rings. The predicted octanol–water partition coefficient (Wildman–Crippen LogP) is 7.55. The Morgan fingerprint density at radius 2 is 1.50 bits per heavy atom. The number of hydrogen-bond acceptors (Lipinski definition) is 4. The number of benzene rings is 4. The van der Waals surface area contributed by atoms with Gasteiger partial charge in [-0.25, -0.2) is 8.42 Å². The Morgan fingerprint density at radius 1 is 0.833 bits per heavy atom. The Labute approximate surface area is 290 Å². The molecule has 4 aromatic carbocycles. The first-order valence-corrected chi connectivity index (χ1v) is 18.4. The number of nitrogens with one attached hydrogen (secondary N) is 1. The molecule has 0 radical (unpaired) electrons. The molecule has 0 spiro atoms. The molecule has 0 heterocycles. The molecule has 0 unspecified atom stereocenters. The van der Waals surface area contributed by atoms with Crippen molar-refractivity contribution in [3.8, 4) is 0 Å². The lowest BCUT2D eigenvalue weighted by atomic mass is 9.94. The Bertz CT molecular complexity index is 1820. The summed E-state index contributed by atoms with van der Waals surface area (Å²) in [5.41, 5.74) is 4.52. The van der Waals surface area contributed by atoms with Crippen LogP contribution in [0.2, 0.25) is 5.02 Å². The molecule has 5 rings (SSSR count). The Morgan fingerprint density at radius 3 is 2.19 bits per heavy atom. The Hall–Kier alpha value is -4.14. The summed E-state index contributed by atoms with van der Waals surface area (Å²) < 4.78 is 30.0. The highest BCUT2D eigenvalue weighted by atomic mass is 35.5. The molecule has 1 N–H and O–H groups in total. The van der Waals surface area contributed by atoms with E-state index in [9.17, 15) is 18.0 Å². The molecule has 1 aliphatic carbocycles. The first kappa shape index (κ1) is 35.2. The van der Waals surface area contributed by atoms with Crippen LogP contribution in [0.4, 0.5) is 5.69 Å². The van der Waals surface area contributed by atoms with Crippen molar-refractivity contribution in [2.24, 2.45) is 0 Å². The van der Waals surface area contributed by atoms with E-state index >= 15 is 0 Å². The maximum Gasteiger partial charge on any atom is 0.264 e. The van der Waals surface area contributed by atoms with E-state index in [-0.39, 0.29) is 29.8 Å². The number of hydrogen-bond donors (Lipinski definition) is 1. The third kappa shape index (κ3) is 8.47. The zero-order valence-corrected chi connectivity index (χ0v) is 29.4. The minimum atomic E-state index is -4.19. The van der Waals surface area contributed by atoms with Crippen molar-refractivity contribution in [3.63, 3.8) is 0 Å². The SMILES string of the molecule is Cc1ccc(S(=O)(=O)N(CC(=O)N(Cc2ccccc2Cl)[C@H](Cc2ccccc2)C(=O)NC2CCCCC2)c2cccc(C)c2C)cc1. The van der Waals surface area contributed by atoms with Crippen LogP contribution in [0, 0.1) is 20.8 Å². The first-order chi connectivity index (χ1) is 23.0. The highest BCUT2D eigenvalue weighted by Crippen LogP contribution is 2.30. The maximum absolute atomic E-state index is 14.8. The lowest BCUT2D eigenvalue weighted by Crippen LogP contribution is -2.55. The number of amides is 2. The number of sulfonamides is 1. The second-order valence-electron chi connectivity index (χ2n) is 12.7. The van der Waals surface area contributed by atoms with E-state index < -0.39 is 28.5 Å². The summed E-state index contributed by atoms with van der Waals surface area (Å²) in [7, 11) is -4.19. The Kier molecular flexibility index (Phi) is 11.6. The van der Waals surface area contributed by atoms with Gasteiger partial charge in [-0.2, -0.15) is 0 Å². The molecule has 0 aliphatic heterocycles. The normalized spacial score (nSPS) is 14.2. The number of anilines is 1. The van der Waals surface area contributed by atoms with Crippen LogP contribution in [0.15, 0.2) is 102 Å². The van der Waals surface area contributed by atoms with Crippen LogP contribution in [0.1, 0.15) is 59.9 Å². The third-order valence-corrected chi connectivity index (χ3v) is 11.4. The average molecular weight is 686 g/mol. The van der Waals surface area contributed by atoms with Crippen LogP contribution < -0.4 is 9.62 Å². The van der Waals surface area contributed by atoms with E-state index in [0.717, 1.165) is 54.4 Å². The number of carbonyl (C=O) groups is 2. The summed E-state index contributed by atoms with van der Waals surface area (Å²) in [6.07, 6.45) is 5.25. The summed E-state index contributed by atoms with van der Waals surface area (Å²) in [4.78, 5) is 30.7. The molecule has 1 aliphatic rings. The number of carbonyl (C=O) groups excluding carboxylic acids is 2. The minimum absolute atomic E-state index is 0.0233. The van der Waals surface area contributed by atoms with Gasteiger partial charge in [0.25, 0.3) is 10.0 Å². The summed E-state index contributed by atoms with van der Waals surface area (Å²) in [6.45, 7) is 5.17. The van der Waals surface area contributed by atoms with Gasteiger partial charge in [0, 0.05) is 24.0 Å². The van der Waals surface area contributed by atoms with Gasteiger partial charge in [-0.15, -0.1) is 0 Å². The number of aryl methyl sites for hydroxylation is 2. The molecule has 252 valence electrons. The molecule has 2 amide bonds. The van der Waals surface area contributed by atoms with Crippen molar-refractivity contribution >= 4 is 39.1 Å². The van der Waals surface area contributed by atoms with Crippen LogP contribution in [0.5, 0.6) is 0 Å². The van der Waals surface area contributed by atoms with Crippen LogP contribution >= 0.6 is 11.6 Å². The molecule has 1 saturated carbocycles. The van der Waals surface area contributed by atoms with Gasteiger partial charge in [-0.3, -0.25) is 13.9 Å². The summed E-state index contributed by atoms with van der Waals surface area (Å²) in [6, 6.07) is 27.9. The van der Waals surface area contributed by atoms with E-state index in [1.165, 1.54) is 9.21 Å². The van der Waals surface area contributed by atoms with Gasteiger partial charge in [0.05, 0.1) is 10.6 Å². The minimum Gasteiger partial charge on any atom is -0.352 e. The molecule has 1 atom stereocenters. The second kappa shape index (κ2) is 15.8. The molecule has 0 aromatic heterocycles. The number of rotatable bonds is 12. The van der Waals surface area contributed by atoms with Gasteiger partial charge in [0.15, 0.2) is 0 Å². The van der Waals surface area contributed by atoms with Crippen molar-refractivity contribution in [2.75, 3.05) is 10.8 Å². The van der Waals surface area contributed by atoms with Crippen LogP contribution in [-0.2, 0) is 32.6 Å². The van der Waals surface area contributed by atoms with Gasteiger partial charge >= 0.3 is 0 Å². The molecular formula is C39H44ClN3O4S. The molecule has 48 heavy (non-hydrogen) atoms. The van der Waals surface area contributed by atoms with Gasteiger partial charge in [-0.05, 0) is 80.1 Å². The van der Waals surface area contributed by atoms with Crippen molar-refractivity contribution < 1.29 is 18.0 Å². The average Bonchev–Trinajstić information content (AvgIpc) is 3.08. The monoisotopic (exact) mass is 685 g/mol. The van der Waals surface area contributed by atoms with Crippen molar-refractivity contribution in [1.29, 1.82) is 0 Å². The zero-order chi connectivity index (χ0) is 34.3. The molecular weight excluding hydrogens is 642 g/mol. The molecule has 0 saturated heterocycles. The van der Waals surface area contributed by atoms with Crippen molar-refractivity contribution in [1.82, 2.24) is 10.2 Å². The van der Waals surface area contributed by atoms with E-state index in [2.05, 4.69) is 5.32 Å². The summed E-state index contributed by atoms with van der Waals surface area (Å²) in [5, 5.41) is 3.70. The van der Waals surface area contributed by atoms with E-state index in [1.807, 2.05) is 75.4 Å². The van der Waals surface area contributed by atoms with Crippen LogP contribution in [0.3, 0.4) is 0 Å². The third-order valence-electron chi connectivity index (χ3n) is 9.25. The lowest BCUT2D eigenvalue weighted by molar-refractivity contribution is -0.140. The number of halogens is 1. The lowest BCUT2D eigenvalue weighted by Gasteiger charge is -2.35.